The summed E-state index contributed by atoms with van der Waals surface area (Å²) in [6.07, 6.45) is 2.24. The molecule has 1 N–H and O–H groups in total. The Bertz CT molecular complexity index is 867. The van der Waals surface area contributed by atoms with Crippen molar-refractivity contribution in [3.63, 3.8) is 0 Å². The molecule has 0 bridgehead atoms. The van der Waals surface area contributed by atoms with E-state index in [0.29, 0.717) is 30.5 Å². The molecule has 1 saturated heterocycles. The highest BCUT2D eigenvalue weighted by atomic mass is 32.2. The van der Waals surface area contributed by atoms with Crippen molar-refractivity contribution in [3.05, 3.63) is 29.8 Å². The van der Waals surface area contributed by atoms with Crippen molar-refractivity contribution < 1.29 is 9.53 Å². The molecule has 1 amide bonds. The highest BCUT2D eigenvalue weighted by Gasteiger charge is 2.32. The largest absolute Gasteiger partial charge is 0.378 e. The van der Waals surface area contributed by atoms with Crippen LogP contribution < -0.4 is 10.2 Å². The van der Waals surface area contributed by atoms with Gasteiger partial charge in [-0.25, -0.2) is 0 Å². The van der Waals surface area contributed by atoms with E-state index in [1.165, 1.54) is 11.8 Å². The van der Waals surface area contributed by atoms with Gasteiger partial charge in [0.25, 0.3) is 0 Å². The summed E-state index contributed by atoms with van der Waals surface area (Å²) in [6.45, 7) is 3.02. The van der Waals surface area contributed by atoms with Gasteiger partial charge in [0, 0.05) is 24.8 Å². The molecule has 1 aromatic heterocycles. The first-order chi connectivity index (χ1) is 13.2. The van der Waals surface area contributed by atoms with Gasteiger partial charge in [0.2, 0.25) is 11.9 Å². The van der Waals surface area contributed by atoms with Crippen LogP contribution >= 0.6 is 11.8 Å². The van der Waals surface area contributed by atoms with Crippen molar-refractivity contribution in [3.8, 4) is 6.07 Å². The van der Waals surface area contributed by atoms with Crippen LogP contribution in [-0.4, -0.2) is 52.7 Å². The van der Waals surface area contributed by atoms with Crippen LogP contribution in [0.5, 0.6) is 0 Å². The fourth-order valence-electron chi connectivity index (χ4n) is 2.99. The van der Waals surface area contributed by atoms with Crippen LogP contribution in [-0.2, 0) is 9.53 Å². The monoisotopic (exact) mass is 384 g/mol. The number of thioether (sulfide) groups is 1. The van der Waals surface area contributed by atoms with E-state index in [2.05, 4.69) is 31.1 Å². The number of rotatable bonds is 6. The van der Waals surface area contributed by atoms with E-state index in [0.717, 1.165) is 37.0 Å². The average molecular weight is 384 g/mol. The molecule has 140 valence electrons. The normalized spacial score (nSPS) is 16.8. The summed E-state index contributed by atoms with van der Waals surface area (Å²) in [5, 5.41) is 21.3. The van der Waals surface area contributed by atoms with Crippen LogP contribution in [0.2, 0.25) is 0 Å². The predicted octanol–water partition coefficient (Wildman–Crippen LogP) is 2.05. The third-order valence-electron chi connectivity index (χ3n) is 4.46. The molecular formula is C18H20N6O2S. The van der Waals surface area contributed by atoms with Gasteiger partial charge >= 0.3 is 0 Å². The molecule has 1 aliphatic carbocycles. The van der Waals surface area contributed by atoms with Gasteiger partial charge < -0.3 is 15.0 Å². The maximum absolute atomic E-state index is 12.3. The molecule has 0 unspecified atom stereocenters. The number of hydrogen-bond donors (Lipinski definition) is 1. The lowest BCUT2D eigenvalue weighted by atomic mass is 10.2. The van der Waals surface area contributed by atoms with E-state index in [-0.39, 0.29) is 11.7 Å². The second kappa shape index (κ2) is 7.98. The van der Waals surface area contributed by atoms with E-state index in [1.807, 2.05) is 0 Å². The average Bonchev–Trinajstić information content (AvgIpc) is 3.46. The molecule has 4 rings (SSSR count). The summed E-state index contributed by atoms with van der Waals surface area (Å²) in [6, 6.07) is 9.38. The van der Waals surface area contributed by atoms with Crippen molar-refractivity contribution in [1.29, 1.82) is 5.26 Å². The number of anilines is 2. The minimum Gasteiger partial charge on any atom is -0.378 e. The number of aromatic nitrogens is 3. The molecule has 2 heterocycles. The molecular weight excluding hydrogens is 364 g/mol. The third-order valence-corrected chi connectivity index (χ3v) is 5.40. The summed E-state index contributed by atoms with van der Waals surface area (Å²) in [5.74, 6) is 0.990. The Labute approximate surface area is 161 Å². The lowest BCUT2D eigenvalue weighted by molar-refractivity contribution is -0.113. The summed E-state index contributed by atoms with van der Waals surface area (Å²) >= 11 is 1.39. The number of morpholine rings is 1. The summed E-state index contributed by atoms with van der Waals surface area (Å²) in [5.41, 5.74) is 1.14. The SMILES string of the molecule is N#Cc1cccc(NC(=O)CSc2nnc(N3CCOCC3)n2C2CC2)c1. The number of benzene rings is 1. The van der Waals surface area contributed by atoms with Crippen LogP contribution in [0.1, 0.15) is 24.4 Å². The first-order valence-electron chi connectivity index (χ1n) is 8.95. The lowest BCUT2D eigenvalue weighted by Crippen LogP contribution is -2.38. The number of ether oxygens (including phenoxy) is 1. The molecule has 2 aliphatic rings. The zero-order valence-electron chi connectivity index (χ0n) is 14.8. The van der Waals surface area contributed by atoms with Crippen LogP contribution in [0.4, 0.5) is 11.6 Å². The Morgan fingerprint density at radius 3 is 2.89 bits per heavy atom. The molecule has 1 aromatic carbocycles. The molecule has 2 aromatic rings. The topological polar surface area (TPSA) is 96.1 Å². The van der Waals surface area contributed by atoms with Crippen LogP contribution in [0, 0.1) is 11.3 Å². The van der Waals surface area contributed by atoms with Crippen molar-refractivity contribution in [2.45, 2.75) is 24.0 Å². The van der Waals surface area contributed by atoms with E-state index < -0.39 is 0 Å². The molecule has 0 atom stereocenters. The van der Waals surface area contributed by atoms with Crippen LogP contribution in [0.3, 0.4) is 0 Å². The summed E-state index contributed by atoms with van der Waals surface area (Å²) < 4.78 is 7.58. The molecule has 0 spiro atoms. The molecule has 0 radical (unpaired) electrons. The van der Waals surface area contributed by atoms with E-state index >= 15 is 0 Å². The Hall–Kier alpha value is -2.57. The highest BCUT2D eigenvalue weighted by molar-refractivity contribution is 7.99. The Morgan fingerprint density at radius 1 is 1.33 bits per heavy atom. The second-order valence-electron chi connectivity index (χ2n) is 6.51. The molecule has 27 heavy (non-hydrogen) atoms. The lowest BCUT2D eigenvalue weighted by Gasteiger charge is -2.27. The minimum absolute atomic E-state index is 0.131. The number of nitriles is 1. The number of amides is 1. The molecule has 9 heteroatoms. The molecule has 1 saturated carbocycles. The first-order valence-corrected chi connectivity index (χ1v) is 9.93. The van der Waals surface area contributed by atoms with Crippen LogP contribution in [0.15, 0.2) is 29.4 Å². The zero-order chi connectivity index (χ0) is 18.6. The van der Waals surface area contributed by atoms with Gasteiger partial charge in [-0.2, -0.15) is 5.26 Å². The summed E-state index contributed by atoms with van der Waals surface area (Å²) in [4.78, 5) is 14.5. The third kappa shape index (κ3) is 4.23. The van der Waals surface area contributed by atoms with Gasteiger partial charge in [0.1, 0.15) is 0 Å². The fourth-order valence-corrected chi connectivity index (χ4v) is 3.79. The smallest absolute Gasteiger partial charge is 0.234 e. The second-order valence-corrected chi connectivity index (χ2v) is 7.46. The van der Waals surface area contributed by atoms with E-state index in [4.69, 9.17) is 10.00 Å². The minimum atomic E-state index is -0.131. The number of carbonyl (C=O) groups is 1. The van der Waals surface area contributed by atoms with E-state index in [9.17, 15) is 4.79 Å². The molecule has 1 aliphatic heterocycles. The fraction of sp³-hybridized carbons (Fsp3) is 0.444. The van der Waals surface area contributed by atoms with Gasteiger partial charge in [-0.1, -0.05) is 17.8 Å². The predicted molar refractivity (Wildman–Crippen MR) is 102 cm³/mol. The van der Waals surface area contributed by atoms with Crippen molar-refractivity contribution in [1.82, 2.24) is 14.8 Å². The van der Waals surface area contributed by atoms with Crippen molar-refractivity contribution in [2.24, 2.45) is 0 Å². The van der Waals surface area contributed by atoms with E-state index in [1.54, 1.807) is 24.3 Å². The van der Waals surface area contributed by atoms with Crippen LogP contribution in [0.25, 0.3) is 0 Å². The van der Waals surface area contributed by atoms with Gasteiger partial charge in [-0.05, 0) is 31.0 Å². The van der Waals surface area contributed by atoms with Gasteiger partial charge in [0.05, 0.1) is 30.6 Å². The quantitative estimate of drug-likeness (QED) is 0.762. The standard InChI is InChI=1S/C18H20N6O2S/c19-11-13-2-1-3-14(10-13)20-16(25)12-27-18-22-21-17(24(18)15-4-5-15)23-6-8-26-9-7-23/h1-3,10,15H,4-9,12H2,(H,20,25). The van der Waals surface area contributed by atoms with Gasteiger partial charge in [0.15, 0.2) is 5.16 Å². The number of hydrogen-bond acceptors (Lipinski definition) is 7. The molecule has 2 fully saturated rings. The van der Waals surface area contributed by atoms with Gasteiger partial charge in [-0.15, -0.1) is 10.2 Å². The Morgan fingerprint density at radius 2 is 2.15 bits per heavy atom. The highest BCUT2D eigenvalue weighted by Crippen LogP contribution is 2.41. The first kappa shape index (κ1) is 17.8. The van der Waals surface area contributed by atoms with Gasteiger partial charge in [-0.3, -0.25) is 9.36 Å². The number of nitrogens with one attached hydrogen (secondary N) is 1. The summed E-state index contributed by atoms with van der Waals surface area (Å²) in [7, 11) is 0. The maximum atomic E-state index is 12.3. The molecule has 8 nitrogen and oxygen atoms in total. The zero-order valence-corrected chi connectivity index (χ0v) is 15.6. The Balaban J connectivity index is 1.41. The number of nitrogens with zero attached hydrogens (tertiary/aromatic N) is 5. The Kier molecular flexibility index (Phi) is 5.27. The van der Waals surface area contributed by atoms with Crippen molar-refractivity contribution in [2.75, 3.05) is 42.3 Å². The number of carbonyl (C=O) groups excluding carboxylic acids is 1. The maximum Gasteiger partial charge on any atom is 0.234 e. The van der Waals surface area contributed by atoms with Crippen molar-refractivity contribution >= 4 is 29.3 Å².